The van der Waals surface area contributed by atoms with Crippen molar-refractivity contribution in [2.75, 3.05) is 6.54 Å². The Kier molecular flexibility index (Phi) is 4.02. The molecule has 1 unspecified atom stereocenters. The van der Waals surface area contributed by atoms with Gasteiger partial charge in [0, 0.05) is 13.1 Å². The van der Waals surface area contributed by atoms with Gasteiger partial charge in [0.05, 0.1) is 0 Å². The van der Waals surface area contributed by atoms with E-state index in [1.807, 2.05) is 41.3 Å². The van der Waals surface area contributed by atoms with E-state index in [1.54, 1.807) is 0 Å². The predicted molar refractivity (Wildman–Crippen MR) is 83.6 cm³/mol. The summed E-state index contributed by atoms with van der Waals surface area (Å²) in [7, 11) is 0. The van der Waals surface area contributed by atoms with Gasteiger partial charge in [-0.25, -0.2) is 0 Å². The van der Waals surface area contributed by atoms with Gasteiger partial charge < -0.3 is 10.6 Å². The Bertz CT molecular complexity index is 624. The lowest BCUT2D eigenvalue weighted by Crippen LogP contribution is -2.38. The molecule has 0 aromatic heterocycles. The molecule has 3 nitrogen and oxygen atoms in total. The van der Waals surface area contributed by atoms with Crippen molar-refractivity contribution < 1.29 is 4.79 Å². The van der Waals surface area contributed by atoms with Crippen LogP contribution in [0.1, 0.15) is 29.2 Å². The van der Waals surface area contributed by atoms with Gasteiger partial charge in [-0.05, 0) is 29.5 Å². The van der Waals surface area contributed by atoms with E-state index in [4.69, 9.17) is 5.73 Å². The number of nitrogens with zero attached hydrogens (tertiary/aromatic N) is 1. The standard InChI is InChI=1S/C18H20N2O/c19-17(15-8-2-1-3-9-15)18(21)20-12-6-11-14-7-4-5-10-16(14)13-20/h1-5,7-10,17H,6,11-13,19H2. The summed E-state index contributed by atoms with van der Waals surface area (Å²) in [6.45, 7) is 1.43. The van der Waals surface area contributed by atoms with E-state index in [1.165, 1.54) is 11.1 Å². The third-order valence-electron chi connectivity index (χ3n) is 4.09. The van der Waals surface area contributed by atoms with Crippen LogP contribution in [0, 0.1) is 0 Å². The predicted octanol–water partition coefficient (Wildman–Crippen LogP) is 2.66. The first-order valence-corrected chi connectivity index (χ1v) is 7.42. The summed E-state index contributed by atoms with van der Waals surface area (Å²) in [6, 6.07) is 17.4. The quantitative estimate of drug-likeness (QED) is 0.919. The Morgan fingerprint density at radius 3 is 2.43 bits per heavy atom. The highest BCUT2D eigenvalue weighted by Gasteiger charge is 2.24. The normalized spacial score (nSPS) is 16.0. The number of hydrogen-bond acceptors (Lipinski definition) is 2. The number of carbonyl (C=O) groups is 1. The largest absolute Gasteiger partial charge is 0.337 e. The van der Waals surface area contributed by atoms with Crippen LogP contribution in [-0.2, 0) is 17.8 Å². The number of benzene rings is 2. The van der Waals surface area contributed by atoms with Crippen LogP contribution in [0.25, 0.3) is 0 Å². The van der Waals surface area contributed by atoms with Gasteiger partial charge in [0.2, 0.25) is 5.91 Å². The SMILES string of the molecule is NC(C(=O)N1CCCc2ccccc2C1)c1ccccc1. The van der Waals surface area contributed by atoms with Crippen LogP contribution < -0.4 is 5.73 Å². The fourth-order valence-corrected chi connectivity index (χ4v) is 2.89. The van der Waals surface area contributed by atoms with E-state index >= 15 is 0 Å². The molecule has 1 amide bonds. The molecule has 1 aliphatic heterocycles. The Hall–Kier alpha value is -2.13. The minimum atomic E-state index is -0.573. The third kappa shape index (κ3) is 2.98. The van der Waals surface area contributed by atoms with E-state index in [-0.39, 0.29) is 5.91 Å². The molecule has 0 bridgehead atoms. The lowest BCUT2D eigenvalue weighted by Gasteiger charge is -2.24. The summed E-state index contributed by atoms with van der Waals surface area (Å²) in [6.07, 6.45) is 2.02. The fourth-order valence-electron chi connectivity index (χ4n) is 2.89. The average Bonchev–Trinajstić information content (AvgIpc) is 2.76. The van der Waals surface area contributed by atoms with Crippen LogP contribution in [0.15, 0.2) is 54.6 Å². The molecular weight excluding hydrogens is 260 g/mol. The zero-order valence-electron chi connectivity index (χ0n) is 12.0. The first-order valence-electron chi connectivity index (χ1n) is 7.42. The third-order valence-corrected chi connectivity index (χ3v) is 4.09. The van der Waals surface area contributed by atoms with Gasteiger partial charge in [-0.1, -0.05) is 54.6 Å². The molecule has 0 saturated carbocycles. The van der Waals surface area contributed by atoms with Crippen molar-refractivity contribution in [3.05, 3.63) is 71.3 Å². The van der Waals surface area contributed by atoms with Crippen molar-refractivity contribution in [1.29, 1.82) is 0 Å². The smallest absolute Gasteiger partial charge is 0.244 e. The number of carbonyl (C=O) groups excluding carboxylic acids is 1. The van der Waals surface area contributed by atoms with Crippen molar-refractivity contribution in [3.63, 3.8) is 0 Å². The molecule has 0 saturated heterocycles. The minimum Gasteiger partial charge on any atom is -0.337 e. The van der Waals surface area contributed by atoms with Crippen molar-refractivity contribution in [2.45, 2.75) is 25.4 Å². The molecule has 0 radical (unpaired) electrons. The summed E-state index contributed by atoms with van der Waals surface area (Å²) >= 11 is 0. The maximum atomic E-state index is 12.7. The molecule has 3 heteroatoms. The second-order valence-electron chi connectivity index (χ2n) is 5.52. The number of hydrogen-bond donors (Lipinski definition) is 1. The van der Waals surface area contributed by atoms with Crippen LogP contribution in [0.2, 0.25) is 0 Å². The van der Waals surface area contributed by atoms with E-state index < -0.39 is 6.04 Å². The lowest BCUT2D eigenvalue weighted by atomic mass is 10.0. The molecule has 1 atom stereocenters. The Morgan fingerprint density at radius 1 is 1.00 bits per heavy atom. The number of nitrogens with two attached hydrogens (primary N) is 1. The molecule has 108 valence electrons. The Morgan fingerprint density at radius 2 is 1.67 bits per heavy atom. The molecule has 2 N–H and O–H groups in total. The van der Waals surface area contributed by atoms with E-state index in [2.05, 4.69) is 18.2 Å². The molecule has 21 heavy (non-hydrogen) atoms. The van der Waals surface area contributed by atoms with Gasteiger partial charge in [0.25, 0.3) is 0 Å². The zero-order valence-corrected chi connectivity index (χ0v) is 12.0. The topological polar surface area (TPSA) is 46.3 Å². The molecule has 3 rings (SSSR count). The summed E-state index contributed by atoms with van der Waals surface area (Å²) in [4.78, 5) is 14.6. The summed E-state index contributed by atoms with van der Waals surface area (Å²) < 4.78 is 0. The van der Waals surface area contributed by atoms with E-state index in [9.17, 15) is 4.79 Å². The summed E-state index contributed by atoms with van der Waals surface area (Å²) in [5.74, 6) is 0.0119. The Labute approximate surface area is 125 Å². The second-order valence-corrected chi connectivity index (χ2v) is 5.52. The molecule has 2 aromatic rings. The minimum absolute atomic E-state index is 0.0119. The lowest BCUT2D eigenvalue weighted by molar-refractivity contribution is -0.133. The van der Waals surface area contributed by atoms with Crippen molar-refractivity contribution in [1.82, 2.24) is 4.90 Å². The highest BCUT2D eigenvalue weighted by Crippen LogP contribution is 2.21. The average molecular weight is 280 g/mol. The van der Waals surface area contributed by atoms with E-state index in [0.29, 0.717) is 6.54 Å². The van der Waals surface area contributed by atoms with Gasteiger partial charge in [-0.2, -0.15) is 0 Å². The summed E-state index contributed by atoms with van der Waals surface area (Å²) in [5, 5.41) is 0. The first-order chi connectivity index (χ1) is 10.3. The first kappa shape index (κ1) is 13.8. The van der Waals surface area contributed by atoms with E-state index in [0.717, 1.165) is 24.9 Å². The van der Waals surface area contributed by atoms with Gasteiger partial charge in [0.1, 0.15) is 6.04 Å². The van der Waals surface area contributed by atoms with Crippen LogP contribution in [0.3, 0.4) is 0 Å². The van der Waals surface area contributed by atoms with Crippen molar-refractivity contribution in [2.24, 2.45) is 5.73 Å². The summed E-state index contributed by atoms with van der Waals surface area (Å²) in [5.41, 5.74) is 9.61. The monoisotopic (exact) mass is 280 g/mol. The van der Waals surface area contributed by atoms with Crippen LogP contribution >= 0.6 is 0 Å². The fraction of sp³-hybridized carbons (Fsp3) is 0.278. The van der Waals surface area contributed by atoms with Crippen molar-refractivity contribution >= 4 is 5.91 Å². The molecule has 0 spiro atoms. The second kappa shape index (κ2) is 6.10. The van der Waals surface area contributed by atoms with Gasteiger partial charge in [0.15, 0.2) is 0 Å². The maximum Gasteiger partial charge on any atom is 0.244 e. The molecule has 1 aliphatic rings. The van der Waals surface area contributed by atoms with Crippen LogP contribution in [-0.4, -0.2) is 17.4 Å². The van der Waals surface area contributed by atoms with Crippen LogP contribution in [0.5, 0.6) is 0 Å². The highest BCUT2D eigenvalue weighted by molar-refractivity contribution is 5.83. The molecular formula is C18H20N2O. The Balaban J connectivity index is 1.79. The number of rotatable bonds is 2. The number of fused-ring (bicyclic) bond motifs is 1. The molecule has 2 aromatic carbocycles. The highest BCUT2D eigenvalue weighted by atomic mass is 16.2. The molecule has 0 fully saturated rings. The number of aryl methyl sites for hydroxylation is 1. The van der Waals surface area contributed by atoms with Crippen LogP contribution in [0.4, 0.5) is 0 Å². The van der Waals surface area contributed by atoms with Gasteiger partial charge in [-0.3, -0.25) is 4.79 Å². The van der Waals surface area contributed by atoms with Crippen molar-refractivity contribution in [3.8, 4) is 0 Å². The number of amides is 1. The van der Waals surface area contributed by atoms with Gasteiger partial charge >= 0.3 is 0 Å². The molecule has 1 heterocycles. The maximum absolute atomic E-state index is 12.7. The van der Waals surface area contributed by atoms with Gasteiger partial charge in [-0.15, -0.1) is 0 Å². The molecule has 0 aliphatic carbocycles. The zero-order chi connectivity index (χ0) is 14.7.